The van der Waals surface area contributed by atoms with Gasteiger partial charge in [0.05, 0.1) is 6.61 Å². The number of rotatable bonds is 8. The van der Waals surface area contributed by atoms with E-state index in [-0.39, 0.29) is 12.6 Å². The second-order valence-electron chi connectivity index (χ2n) is 3.59. The van der Waals surface area contributed by atoms with Crippen molar-refractivity contribution >= 4 is 11.9 Å². The van der Waals surface area contributed by atoms with Crippen LogP contribution in [0.2, 0.25) is 0 Å². The van der Waals surface area contributed by atoms with Gasteiger partial charge in [0, 0.05) is 33.2 Å². The zero-order chi connectivity index (χ0) is 13.4. The van der Waals surface area contributed by atoms with Crippen LogP contribution in [0.15, 0.2) is 0 Å². The summed E-state index contributed by atoms with van der Waals surface area (Å²) in [5.41, 5.74) is 0. The molecule has 1 rings (SSSR count). The predicted molar refractivity (Wildman–Crippen MR) is 70.1 cm³/mol. The van der Waals surface area contributed by atoms with Crippen LogP contribution in [-0.4, -0.2) is 53.4 Å². The van der Waals surface area contributed by atoms with Gasteiger partial charge in [0.25, 0.3) is 0 Å². The van der Waals surface area contributed by atoms with Gasteiger partial charge in [0.15, 0.2) is 0 Å². The molecule has 0 radical (unpaired) electrons. The van der Waals surface area contributed by atoms with E-state index >= 15 is 0 Å². The lowest BCUT2D eigenvalue weighted by Gasteiger charge is -2.19. The molecule has 0 unspecified atom stereocenters. The minimum atomic E-state index is 0.0901. The maximum atomic E-state index is 8.71. The molecule has 0 bridgehead atoms. The molecule has 0 amide bonds. The fraction of sp³-hybridized carbons (Fsp3) is 0.727. The van der Waals surface area contributed by atoms with Crippen LogP contribution in [0.1, 0.15) is 20.3 Å². The van der Waals surface area contributed by atoms with Gasteiger partial charge in [-0.25, -0.2) is 0 Å². The Kier molecular flexibility index (Phi) is 6.13. The third kappa shape index (κ3) is 3.99. The van der Waals surface area contributed by atoms with Gasteiger partial charge in [-0.15, -0.1) is 0 Å². The zero-order valence-electron chi connectivity index (χ0n) is 11.2. The summed E-state index contributed by atoms with van der Waals surface area (Å²) in [5, 5.41) is 11.6. The lowest BCUT2D eigenvalue weighted by molar-refractivity contribution is 0.224. The Balaban J connectivity index is 2.86. The Morgan fingerprint density at radius 3 is 2.50 bits per heavy atom. The monoisotopic (exact) mass is 255 g/mol. The molecule has 0 aliphatic heterocycles. The number of aromatic nitrogens is 3. The number of anilines is 2. The summed E-state index contributed by atoms with van der Waals surface area (Å²) in [5.74, 6) is 1.07. The molecule has 102 valence electrons. The quantitative estimate of drug-likeness (QED) is 0.655. The van der Waals surface area contributed by atoms with Gasteiger partial charge >= 0.3 is 6.01 Å². The molecule has 0 aliphatic carbocycles. The van der Waals surface area contributed by atoms with Crippen molar-refractivity contribution in [2.75, 3.05) is 43.6 Å². The summed E-state index contributed by atoms with van der Waals surface area (Å²) >= 11 is 0. The lowest BCUT2D eigenvalue weighted by Crippen LogP contribution is -2.25. The van der Waals surface area contributed by atoms with Crippen molar-refractivity contribution in [1.82, 2.24) is 15.0 Å². The smallest absolute Gasteiger partial charge is 0.323 e. The van der Waals surface area contributed by atoms with E-state index in [0.717, 1.165) is 13.1 Å². The summed E-state index contributed by atoms with van der Waals surface area (Å²) in [7, 11) is 1.75. The van der Waals surface area contributed by atoms with Crippen molar-refractivity contribution in [2.45, 2.75) is 20.3 Å². The normalized spacial score (nSPS) is 10.2. The van der Waals surface area contributed by atoms with Crippen LogP contribution < -0.4 is 15.0 Å². The van der Waals surface area contributed by atoms with Gasteiger partial charge < -0.3 is 20.1 Å². The first-order chi connectivity index (χ1) is 8.74. The number of nitrogens with zero attached hydrogens (tertiary/aromatic N) is 4. The third-order valence-corrected chi connectivity index (χ3v) is 2.41. The molecule has 0 aliphatic rings. The molecule has 0 fully saturated rings. The van der Waals surface area contributed by atoms with Crippen LogP contribution in [-0.2, 0) is 0 Å². The van der Waals surface area contributed by atoms with Gasteiger partial charge in [0.2, 0.25) is 11.9 Å². The Labute approximate surface area is 107 Å². The van der Waals surface area contributed by atoms with Crippen molar-refractivity contribution < 1.29 is 9.84 Å². The highest BCUT2D eigenvalue weighted by Gasteiger charge is 2.11. The van der Waals surface area contributed by atoms with Crippen LogP contribution in [0, 0.1) is 0 Å². The molecular weight excluding hydrogens is 234 g/mol. The minimum absolute atomic E-state index is 0.0901. The van der Waals surface area contributed by atoms with Gasteiger partial charge in [-0.2, -0.15) is 15.0 Å². The summed E-state index contributed by atoms with van der Waals surface area (Å²) in [6.45, 7) is 6.20. The van der Waals surface area contributed by atoms with Gasteiger partial charge in [-0.1, -0.05) is 0 Å². The molecule has 0 saturated carbocycles. The molecule has 7 heteroatoms. The van der Waals surface area contributed by atoms with Gasteiger partial charge in [0.1, 0.15) is 0 Å². The average molecular weight is 255 g/mol. The van der Waals surface area contributed by atoms with Crippen molar-refractivity contribution in [2.24, 2.45) is 0 Å². The van der Waals surface area contributed by atoms with E-state index in [0.29, 0.717) is 24.9 Å². The van der Waals surface area contributed by atoms with E-state index in [1.54, 1.807) is 7.05 Å². The number of aliphatic hydroxyl groups excluding tert-OH is 1. The Bertz CT molecular complexity index is 357. The van der Waals surface area contributed by atoms with E-state index in [9.17, 15) is 0 Å². The predicted octanol–water partition coefficient (Wildman–Crippen LogP) is 0.521. The highest BCUT2D eigenvalue weighted by Crippen LogP contribution is 2.14. The van der Waals surface area contributed by atoms with E-state index in [1.807, 2.05) is 18.7 Å². The average Bonchev–Trinajstić information content (AvgIpc) is 2.40. The van der Waals surface area contributed by atoms with Crippen LogP contribution in [0.4, 0.5) is 11.9 Å². The zero-order valence-corrected chi connectivity index (χ0v) is 11.2. The lowest BCUT2D eigenvalue weighted by atomic mass is 10.5. The highest BCUT2D eigenvalue weighted by molar-refractivity contribution is 5.37. The van der Waals surface area contributed by atoms with Crippen molar-refractivity contribution in [3.8, 4) is 6.01 Å². The van der Waals surface area contributed by atoms with Crippen molar-refractivity contribution in [3.05, 3.63) is 0 Å². The Hall–Kier alpha value is -1.63. The summed E-state index contributed by atoms with van der Waals surface area (Å²) in [4.78, 5) is 14.7. The number of hydrogen-bond donors (Lipinski definition) is 2. The van der Waals surface area contributed by atoms with E-state index in [4.69, 9.17) is 9.84 Å². The van der Waals surface area contributed by atoms with Gasteiger partial charge in [-0.05, 0) is 13.8 Å². The molecule has 7 nitrogen and oxygen atoms in total. The SMILES string of the molecule is CCN(CC)c1nc(NC)nc(OCCCO)n1. The third-order valence-electron chi connectivity index (χ3n) is 2.41. The molecule has 1 heterocycles. The standard InChI is InChI=1S/C11H21N5O2/c1-4-16(5-2)10-13-9(12-3)14-11(15-10)18-8-6-7-17/h17H,4-8H2,1-3H3,(H,12,13,14,15). The van der Waals surface area contributed by atoms with Crippen LogP contribution >= 0.6 is 0 Å². The first-order valence-electron chi connectivity index (χ1n) is 6.17. The fourth-order valence-electron chi connectivity index (χ4n) is 1.40. The second kappa shape index (κ2) is 7.65. The molecular formula is C11H21N5O2. The van der Waals surface area contributed by atoms with E-state index in [1.165, 1.54) is 0 Å². The Morgan fingerprint density at radius 1 is 1.22 bits per heavy atom. The van der Waals surface area contributed by atoms with Gasteiger partial charge in [-0.3, -0.25) is 0 Å². The van der Waals surface area contributed by atoms with Crippen LogP contribution in [0.25, 0.3) is 0 Å². The molecule has 2 N–H and O–H groups in total. The number of nitrogens with one attached hydrogen (secondary N) is 1. The fourth-order valence-corrected chi connectivity index (χ4v) is 1.40. The molecule has 0 aromatic carbocycles. The van der Waals surface area contributed by atoms with Crippen molar-refractivity contribution in [1.29, 1.82) is 0 Å². The molecule has 1 aromatic heterocycles. The maximum absolute atomic E-state index is 8.71. The number of hydrogen-bond acceptors (Lipinski definition) is 7. The summed E-state index contributed by atoms with van der Waals surface area (Å²) < 4.78 is 5.38. The summed E-state index contributed by atoms with van der Waals surface area (Å²) in [6, 6.07) is 0.282. The second-order valence-corrected chi connectivity index (χ2v) is 3.59. The van der Waals surface area contributed by atoms with E-state index in [2.05, 4.69) is 20.3 Å². The first kappa shape index (κ1) is 14.4. The van der Waals surface area contributed by atoms with Crippen LogP contribution in [0.5, 0.6) is 6.01 Å². The largest absolute Gasteiger partial charge is 0.463 e. The topological polar surface area (TPSA) is 83.4 Å². The molecule has 0 atom stereocenters. The number of ether oxygens (including phenoxy) is 1. The molecule has 18 heavy (non-hydrogen) atoms. The van der Waals surface area contributed by atoms with Crippen LogP contribution in [0.3, 0.4) is 0 Å². The Morgan fingerprint density at radius 2 is 1.94 bits per heavy atom. The molecule has 0 saturated heterocycles. The molecule has 1 aromatic rings. The minimum Gasteiger partial charge on any atom is -0.463 e. The van der Waals surface area contributed by atoms with E-state index < -0.39 is 0 Å². The summed E-state index contributed by atoms with van der Waals surface area (Å²) in [6.07, 6.45) is 0.557. The highest BCUT2D eigenvalue weighted by atomic mass is 16.5. The maximum Gasteiger partial charge on any atom is 0.323 e. The molecule has 0 spiro atoms. The number of aliphatic hydroxyl groups is 1. The van der Waals surface area contributed by atoms with Crippen molar-refractivity contribution in [3.63, 3.8) is 0 Å². The first-order valence-corrected chi connectivity index (χ1v) is 6.17.